The van der Waals surface area contributed by atoms with Crippen LogP contribution in [0.3, 0.4) is 0 Å². The third-order valence-corrected chi connectivity index (χ3v) is 4.16. The Bertz CT molecular complexity index is 607. The molecular formula is C16H18ClNO2S. The van der Waals surface area contributed by atoms with Crippen LogP contribution in [0, 0.1) is 0 Å². The number of hydrogen-bond acceptors (Lipinski definition) is 4. The molecule has 0 saturated heterocycles. The molecule has 112 valence electrons. The molecule has 0 aliphatic heterocycles. The van der Waals surface area contributed by atoms with Gasteiger partial charge in [-0.25, -0.2) is 0 Å². The zero-order valence-corrected chi connectivity index (χ0v) is 13.6. The highest BCUT2D eigenvalue weighted by Crippen LogP contribution is 2.38. The Morgan fingerprint density at radius 3 is 2.57 bits per heavy atom. The van der Waals surface area contributed by atoms with E-state index in [4.69, 9.17) is 11.6 Å². The molecule has 0 saturated carbocycles. The Morgan fingerprint density at radius 1 is 1.43 bits per heavy atom. The SMILES string of the molecule is CNC1=CC(C)(Cl)CC=C1C(O)(C=O)c1ccc(S)cc1. The van der Waals surface area contributed by atoms with E-state index in [1.807, 2.05) is 19.1 Å². The van der Waals surface area contributed by atoms with Crippen molar-refractivity contribution in [2.45, 2.75) is 28.7 Å². The fourth-order valence-corrected chi connectivity index (χ4v) is 2.75. The van der Waals surface area contributed by atoms with Crippen LogP contribution < -0.4 is 5.32 Å². The molecule has 1 aliphatic rings. The van der Waals surface area contributed by atoms with Gasteiger partial charge in [-0.05, 0) is 37.1 Å². The summed E-state index contributed by atoms with van der Waals surface area (Å²) in [5.74, 6) is 0. The van der Waals surface area contributed by atoms with Crippen molar-refractivity contribution in [2.75, 3.05) is 7.05 Å². The molecule has 2 rings (SSSR count). The van der Waals surface area contributed by atoms with Crippen molar-refractivity contribution >= 4 is 30.5 Å². The van der Waals surface area contributed by atoms with Crippen LogP contribution in [0.4, 0.5) is 0 Å². The number of aldehydes is 1. The van der Waals surface area contributed by atoms with Crippen molar-refractivity contribution in [1.82, 2.24) is 5.32 Å². The normalized spacial score (nSPS) is 24.6. The predicted octanol–water partition coefficient (Wildman–Crippen LogP) is 2.79. The van der Waals surface area contributed by atoms with Crippen molar-refractivity contribution in [3.8, 4) is 0 Å². The summed E-state index contributed by atoms with van der Waals surface area (Å²) in [6.45, 7) is 1.88. The largest absolute Gasteiger partial charge is 0.388 e. The van der Waals surface area contributed by atoms with Crippen LogP contribution in [0.2, 0.25) is 0 Å². The van der Waals surface area contributed by atoms with Crippen LogP contribution in [-0.4, -0.2) is 23.3 Å². The van der Waals surface area contributed by atoms with E-state index in [1.54, 1.807) is 31.3 Å². The minimum atomic E-state index is -1.70. The smallest absolute Gasteiger partial charge is 0.172 e. The highest BCUT2D eigenvalue weighted by molar-refractivity contribution is 7.80. The monoisotopic (exact) mass is 323 g/mol. The van der Waals surface area contributed by atoms with Gasteiger partial charge in [0.15, 0.2) is 11.9 Å². The number of rotatable bonds is 4. The van der Waals surface area contributed by atoms with Crippen LogP contribution in [0.5, 0.6) is 0 Å². The zero-order valence-electron chi connectivity index (χ0n) is 11.9. The van der Waals surface area contributed by atoms with Crippen LogP contribution in [0.25, 0.3) is 0 Å². The van der Waals surface area contributed by atoms with E-state index in [0.717, 1.165) is 4.90 Å². The highest BCUT2D eigenvalue weighted by atomic mass is 35.5. The van der Waals surface area contributed by atoms with Crippen molar-refractivity contribution in [2.24, 2.45) is 0 Å². The molecule has 2 atom stereocenters. The van der Waals surface area contributed by atoms with E-state index < -0.39 is 10.5 Å². The Hall–Kier alpha value is -1.23. The summed E-state index contributed by atoms with van der Waals surface area (Å²) >= 11 is 10.5. The van der Waals surface area contributed by atoms with E-state index in [0.29, 0.717) is 29.5 Å². The maximum absolute atomic E-state index is 11.6. The van der Waals surface area contributed by atoms with Gasteiger partial charge in [-0.1, -0.05) is 18.2 Å². The third-order valence-electron chi connectivity index (χ3n) is 3.60. The van der Waals surface area contributed by atoms with Gasteiger partial charge >= 0.3 is 0 Å². The Kier molecular flexibility index (Phi) is 4.51. The second kappa shape index (κ2) is 5.87. The topological polar surface area (TPSA) is 49.3 Å². The van der Waals surface area contributed by atoms with Crippen molar-refractivity contribution in [3.63, 3.8) is 0 Å². The van der Waals surface area contributed by atoms with Gasteiger partial charge < -0.3 is 10.4 Å². The first-order chi connectivity index (χ1) is 9.82. The summed E-state index contributed by atoms with van der Waals surface area (Å²) in [5.41, 5.74) is -0.0295. The molecule has 1 aromatic rings. The molecule has 1 aliphatic carbocycles. The molecule has 0 amide bonds. The minimum Gasteiger partial charge on any atom is -0.388 e. The van der Waals surface area contributed by atoms with Crippen LogP contribution in [-0.2, 0) is 10.4 Å². The number of allylic oxidation sites excluding steroid dienone is 2. The maximum Gasteiger partial charge on any atom is 0.172 e. The number of nitrogens with one attached hydrogen (secondary N) is 1. The molecule has 0 aromatic heterocycles. The second-order valence-electron chi connectivity index (χ2n) is 5.34. The fourth-order valence-electron chi connectivity index (χ4n) is 2.42. The molecular weight excluding hydrogens is 306 g/mol. The van der Waals surface area contributed by atoms with E-state index in [1.165, 1.54) is 0 Å². The molecule has 0 spiro atoms. The number of carbonyl (C=O) groups excluding carboxylic acids is 1. The first-order valence-electron chi connectivity index (χ1n) is 6.61. The van der Waals surface area contributed by atoms with Gasteiger partial charge in [-0.2, -0.15) is 0 Å². The number of benzene rings is 1. The fraction of sp³-hybridized carbons (Fsp3) is 0.312. The standard InChI is InChI=1S/C16H18ClNO2S/c1-15(17)8-7-13(14(9-15)18-2)16(20,10-19)11-3-5-12(21)6-4-11/h3-7,9-10,18,20-21H,8H2,1-2H3. The second-order valence-corrected chi connectivity index (χ2v) is 6.72. The van der Waals surface area contributed by atoms with E-state index in [9.17, 15) is 9.90 Å². The lowest BCUT2D eigenvalue weighted by Crippen LogP contribution is -2.36. The van der Waals surface area contributed by atoms with Crippen LogP contribution >= 0.6 is 24.2 Å². The summed E-state index contributed by atoms with van der Waals surface area (Å²) in [4.78, 5) is 11.9. The van der Waals surface area contributed by atoms with Gasteiger partial charge in [0.25, 0.3) is 0 Å². The molecule has 0 radical (unpaired) electrons. The highest BCUT2D eigenvalue weighted by Gasteiger charge is 2.38. The van der Waals surface area contributed by atoms with Gasteiger partial charge in [0.1, 0.15) is 0 Å². The average molecular weight is 324 g/mol. The lowest BCUT2D eigenvalue weighted by molar-refractivity contribution is -0.121. The van der Waals surface area contributed by atoms with Crippen molar-refractivity contribution < 1.29 is 9.90 Å². The van der Waals surface area contributed by atoms with Gasteiger partial charge in [0.2, 0.25) is 0 Å². The Labute approximate surface area is 135 Å². The summed E-state index contributed by atoms with van der Waals surface area (Å²) in [6, 6.07) is 6.87. The van der Waals surface area contributed by atoms with E-state index in [-0.39, 0.29) is 0 Å². The van der Waals surface area contributed by atoms with Gasteiger partial charge in [0.05, 0.1) is 4.87 Å². The first kappa shape index (κ1) is 16.1. The maximum atomic E-state index is 11.6. The molecule has 2 N–H and O–H groups in total. The van der Waals surface area contributed by atoms with E-state index >= 15 is 0 Å². The summed E-state index contributed by atoms with van der Waals surface area (Å²) in [7, 11) is 1.74. The molecule has 3 nitrogen and oxygen atoms in total. The number of likely N-dealkylation sites (N-methyl/N-ethyl adjacent to an activating group) is 1. The molecule has 21 heavy (non-hydrogen) atoms. The Morgan fingerprint density at radius 2 is 2.05 bits per heavy atom. The lowest BCUT2D eigenvalue weighted by Gasteiger charge is -2.33. The molecule has 0 bridgehead atoms. The number of thiol groups is 1. The number of carbonyl (C=O) groups is 1. The first-order valence-corrected chi connectivity index (χ1v) is 7.43. The third kappa shape index (κ3) is 3.18. The van der Waals surface area contributed by atoms with Gasteiger partial charge in [-0.3, -0.25) is 4.79 Å². The summed E-state index contributed by atoms with van der Waals surface area (Å²) in [6.07, 6.45) is 4.72. The van der Waals surface area contributed by atoms with E-state index in [2.05, 4.69) is 17.9 Å². The predicted molar refractivity (Wildman–Crippen MR) is 87.8 cm³/mol. The number of aliphatic hydroxyl groups is 1. The molecule has 0 fully saturated rings. The average Bonchev–Trinajstić information content (AvgIpc) is 2.46. The molecule has 1 aromatic carbocycles. The number of alkyl halides is 1. The molecule has 5 heteroatoms. The number of hydrogen-bond donors (Lipinski definition) is 3. The van der Waals surface area contributed by atoms with Crippen molar-refractivity contribution in [3.05, 3.63) is 53.3 Å². The molecule has 2 unspecified atom stereocenters. The van der Waals surface area contributed by atoms with Crippen LogP contribution in [0.1, 0.15) is 18.9 Å². The summed E-state index contributed by atoms with van der Waals surface area (Å²) < 4.78 is 0. The quantitative estimate of drug-likeness (QED) is 0.454. The molecule has 0 heterocycles. The zero-order chi connectivity index (χ0) is 15.7. The number of halogens is 1. The van der Waals surface area contributed by atoms with Crippen molar-refractivity contribution in [1.29, 1.82) is 0 Å². The lowest BCUT2D eigenvalue weighted by atomic mass is 9.81. The van der Waals surface area contributed by atoms with Gasteiger partial charge in [-0.15, -0.1) is 24.2 Å². The minimum absolute atomic E-state index is 0.501. The van der Waals surface area contributed by atoms with Gasteiger partial charge in [0, 0.05) is 23.2 Å². The van der Waals surface area contributed by atoms with Crippen LogP contribution in [0.15, 0.2) is 52.6 Å². The summed E-state index contributed by atoms with van der Waals surface area (Å²) in [5, 5.41) is 13.9. The Balaban J connectivity index is 2.50.